The molecule has 0 bridgehead atoms. The molecule has 5 nitrogen and oxygen atoms in total. The molecular formula is C26H20N2O3S. The lowest BCUT2D eigenvalue weighted by molar-refractivity contribution is -0.118. The fraction of sp³-hybridized carbons (Fsp3) is 0.115. The summed E-state index contributed by atoms with van der Waals surface area (Å²) >= 11 is 0.944. The highest BCUT2D eigenvalue weighted by Gasteiger charge is 2.32. The fourth-order valence-electron chi connectivity index (χ4n) is 4.03. The molecule has 1 aromatic heterocycles. The van der Waals surface area contributed by atoms with Gasteiger partial charge in [-0.1, -0.05) is 84.6 Å². The maximum absolute atomic E-state index is 13.4. The van der Waals surface area contributed by atoms with Crippen molar-refractivity contribution in [3.05, 3.63) is 106 Å². The highest BCUT2D eigenvalue weighted by Crippen LogP contribution is 2.24. The number of carbonyl (C=O) groups excluding carboxylic acids is 2. The first-order valence-electron chi connectivity index (χ1n) is 10.4. The molecule has 3 aromatic carbocycles. The second kappa shape index (κ2) is 8.48. The Labute approximate surface area is 189 Å². The van der Waals surface area contributed by atoms with E-state index in [9.17, 15) is 14.4 Å². The average Bonchev–Trinajstić information content (AvgIpc) is 3.14. The predicted molar refractivity (Wildman–Crippen MR) is 128 cm³/mol. The second-order valence-electron chi connectivity index (χ2n) is 7.77. The largest absolute Gasteiger partial charge is 0.304 e. The van der Waals surface area contributed by atoms with Gasteiger partial charge in [-0.2, -0.15) is 0 Å². The number of carbonyl (C=O) groups is 2. The zero-order valence-corrected chi connectivity index (χ0v) is 18.0. The molecule has 0 spiro atoms. The SMILES string of the molecule is O=C1NC(=O)C(Cc2cc3ccccc3n(Cc3ccc(-c4ccccc4)cc3)c2=O)S1. The molecular weight excluding hydrogens is 420 g/mol. The maximum atomic E-state index is 13.4. The topological polar surface area (TPSA) is 68.2 Å². The molecule has 0 aliphatic carbocycles. The van der Waals surface area contributed by atoms with Crippen molar-refractivity contribution >= 4 is 33.8 Å². The van der Waals surface area contributed by atoms with Crippen LogP contribution in [0.15, 0.2) is 89.7 Å². The third-order valence-electron chi connectivity index (χ3n) is 5.65. The number of fused-ring (bicyclic) bond motifs is 1. The van der Waals surface area contributed by atoms with Crippen LogP contribution in [0.4, 0.5) is 4.79 Å². The first-order valence-corrected chi connectivity index (χ1v) is 11.2. The van der Waals surface area contributed by atoms with Gasteiger partial charge in [0.25, 0.3) is 10.8 Å². The molecule has 1 aliphatic heterocycles. The lowest BCUT2D eigenvalue weighted by Gasteiger charge is -2.14. The van der Waals surface area contributed by atoms with Crippen LogP contribution in [0.3, 0.4) is 0 Å². The van der Waals surface area contributed by atoms with Gasteiger partial charge < -0.3 is 4.57 Å². The van der Waals surface area contributed by atoms with Crippen molar-refractivity contribution in [2.45, 2.75) is 18.2 Å². The molecule has 158 valence electrons. The standard InChI is InChI=1S/C26H20N2O3S/c29-24-23(32-26(31)27-24)15-21-14-20-8-4-5-9-22(20)28(25(21)30)16-17-10-12-19(13-11-17)18-6-2-1-3-7-18/h1-14,23H,15-16H2,(H,27,29,31). The van der Waals surface area contributed by atoms with E-state index in [-0.39, 0.29) is 23.1 Å². The van der Waals surface area contributed by atoms with Crippen LogP contribution in [0.1, 0.15) is 11.1 Å². The molecule has 1 N–H and O–H groups in total. The number of thioether (sulfide) groups is 1. The summed E-state index contributed by atoms with van der Waals surface area (Å²) in [7, 11) is 0. The van der Waals surface area contributed by atoms with Crippen molar-refractivity contribution in [2.75, 3.05) is 0 Å². The third-order valence-corrected chi connectivity index (χ3v) is 6.63. The number of hydrogen-bond acceptors (Lipinski definition) is 4. The minimum atomic E-state index is -0.574. The van der Waals surface area contributed by atoms with Gasteiger partial charge in [-0.15, -0.1) is 0 Å². The van der Waals surface area contributed by atoms with E-state index in [0.717, 1.165) is 39.4 Å². The summed E-state index contributed by atoms with van der Waals surface area (Å²) in [6.45, 7) is 0.422. The average molecular weight is 441 g/mol. The molecule has 2 heterocycles. The molecule has 4 aromatic rings. The van der Waals surface area contributed by atoms with Crippen LogP contribution in [-0.4, -0.2) is 21.0 Å². The number of imide groups is 1. The van der Waals surface area contributed by atoms with E-state index in [1.54, 1.807) is 4.57 Å². The molecule has 1 saturated heterocycles. The minimum absolute atomic E-state index is 0.136. The highest BCUT2D eigenvalue weighted by atomic mass is 32.2. The van der Waals surface area contributed by atoms with E-state index in [0.29, 0.717) is 12.1 Å². The number of pyridine rings is 1. The Morgan fingerprint density at radius 2 is 1.50 bits per heavy atom. The summed E-state index contributed by atoms with van der Waals surface area (Å²) in [5.74, 6) is -0.337. The number of rotatable bonds is 5. The smallest absolute Gasteiger partial charge is 0.286 e. The van der Waals surface area contributed by atoms with Crippen molar-refractivity contribution in [1.29, 1.82) is 0 Å². The zero-order chi connectivity index (χ0) is 22.1. The van der Waals surface area contributed by atoms with Gasteiger partial charge in [0, 0.05) is 5.56 Å². The number of para-hydroxylation sites is 1. The molecule has 32 heavy (non-hydrogen) atoms. The number of nitrogens with one attached hydrogen (secondary N) is 1. The zero-order valence-electron chi connectivity index (χ0n) is 17.2. The van der Waals surface area contributed by atoms with Crippen molar-refractivity contribution < 1.29 is 9.59 Å². The summed E-state index contributed by atoms with van der Waals surface area (Å²) < 4.78 is 1.75. The van der Waals surface area contributed by atoms with Gasteiger partial charge in [0.15, 0.2) is 0 Å². The lowest BCUT2D eigenvalue weighted by Crippen LogP contribution is -2.30. The summed E-state index contributed by atoms with van der Waals surface area (Å²) in [6, 6.07) is 27.9. The Balaban J connectivity index is 1.50. The van der Waals surface area contributed by atoms with Crippen molar-refractivity contribution in [3.63, 3.8) is 0 Å². The van der Waals surface area contributed by atoms with Gasteiger partial charge in [-0.25, -0.2) is 0 Å². The van der Waals surface area contributed by atoms with Crippen LogP contribution in [0.5, 0.6) is 0 Å². The van der Waals surface area contributed by atoms with Crippen LogP contribution < -0.4 is 10.9 Å². The summed E-state index contributed by atoms with van der Waals surface area (Å²) in [5.41, 5.74) is 4.51. The number of amides is 2. The van der Waals surface area contributed by atoms with Crippen molar-refractivity contribution in [2.24, 2.45) is 0 Å². The molecule has 1 atom stereocenters. The minimum Gasteiger partial charge on any atom is -0.304 e. The molecule has 5 rings (SSSR count). The lowest BCUT2D eigenvalue weighted by atomic mass is 10.0. The number of hydrogen-bond donors (Lipinski definition) is 1. The number of aromatic nitrogens is 1. The molecule has 1 aliphatic rings. The second-order valence-corrected chi connectivity index (χ2v) is 8.95. The van der Waals surface area contributed by atoms with Crippen LogP contribution in [0, 0.1) is 0 Å². The molecule has 2 amide bonds. The maximum Gasteiger partial charge on any atom is 0.286 e. The van der Waals surface area contributed by atoms with Gasteiger partial charge >= 0.3 is 0 Å². The molecule has 1 fully saturated rings. The molecule has 1 unspecified atom stereocenters. The first-order chi connectivity index (χ1) is 15.6. The summed E-state index contributed by atoms with van der Waals surface area (Å²) in [6.07, 6.45) is 0.221. The van der Waals surface area contributed by atoms with Gasteiger partial charge in [-0.3, -0.25) is 19.7 Å². The highest BCUT2D eigenvalue weighted by molar-refractivity contribution is 8.15. The van der Waals surface area contributed by atoms with Crippen LogP contribution in [-0.2, 0) is 17.8 Å². The van der Waals surface area contributed by atoms with E-state index in [1.807, 2.05) is 60.7 Å². The van der Waals surface area contributed by atoms with Crippen molar-refractivity contribution in [3.8, 4) is 11.1 Å². The van der Waals surface area contributed by atoms with Gasteiger partial charge in [0.05, 0.1) is 17.3 Å². The van der Waals surface area contributed by atoms with Crippen LogP contribution in [0.25, 0.3) is 22.0 Å². The van der Waals surface area contributed by atoms with Crippen LogP contribution >= 0.6 is 11.8 Å². The van der Waals surface area contributed by atoms with E-state index < -0.39 is 5.25 Å². The van der Waals surface area contributed by atoms with Gasteiger partial charge in [0.1, 0.15) is 0 Å². The Morgan fingerprint density at radius 1 is 0.812 bits per heavy atom. The number of nitrogens with zero attached hydrogens (tertiary/aromatic N) is 1. The van der Waals surface area contributed by atoms with E-state index in [4.69, 9.17) is 0 Å². The van der Waals surface area contributed by atoms with E-state index in [2.05, 4.69) is 29.6 Å². The summed E-state index contributed by atoms with van der Waals surface area (Å²) in [4.78, 5) is 37.0. The Kier molecular flexibility index (Phi) is 5.37. The van der Waals surface area contributed by atoms with Gasteiger partial charge in [0.2, 0.25) is 5.91 Å². The third kappa shape index (κ3) is 3.97. The molecule has 6 heteroatoms. The molecule has 0 radical (unpaired) electrons. The molecule has 0 saturated carbocycles. The number of benzene rings is 3. The Hall–Kier alpha value is -3.64. The van der Waals surface area contributed by atoms with Gasteiger partial charge in [-0.05, 0) is 40.6 Å². The first kappa shape index (κ1) is 20.3. The Bertz CT molecular complexity index is 1380. The Morgan fingerprint density at radius 3 is 2.22 bits per heavy atom. The van der Waals surface area contributed by atoms with E-state index in [1.165, 1.54) is 0 Å². The fourth-order valence-corrected chi connectivity index (χ4v) is 4.88. The predicted octanol–water partition coefficient (Wildman–Crippen LogP) is 4.61. The van der Waals surface area contributed by atoms with Crippen molar-refractivity contribution in [1.82, 2.24) is 9.88 Å². The quantitative estimate of drug-likeness (QED) is 0.492. The monoisotopic (exact) mass is 440 g/mol. The summed E-state index contributed by atoms with van der Waals surface area (Å²) in [5, 5.41) is 2.29. The van der Waals surface area contributed by atoms with Crippen LogP contribution in [0.2, 0.25) is 0 Å². The van der Waals surface area contributed by atoms with E-state index >= 15 is 0 Å². The normalized spacial score (nSPS) is 15.8.